The fraction of sp³-hybridized carbons (Fsp3) is 0.0833. The first-order valence-electron chi connectivity index (χ1n) is 9.97. The highest BCUT2D eigenvalue weighted by Gasteiger charge is 2.20. The number of aromatic nitrogens is 5. The van der Waals surface area contributed by atoms with Crippen LogP contribution in [0.2, 0.25) is 0 Å². The Morgan fingerprint density at radius 1 is 1.00 bits per heavy atom. The van der Waals surface area contributed by atoms with Crippen molar-refractivity contribution in [2.24, 2.45) is 7.05 Å². The number of aryl methyl sites for hydroxylation is 2. The summed E-state index contributed by atoms with van der Waals surface area (Å²) in [4.78, 5) is 36.1. The molecule has 3 aromatic heterocycles. The molecule has 2 N–H and O–H groups in total. The van der Waals surface area contributed by atoms with Gasteiger partial charge in [-0.05, 0) is 37.3 Å². The molecular formula is C24H19N5O3. The van der Waals surface area contributed by atoms with E-state index in [1.54, 1.807) is 34.5 Å². The van der Waals surface area contributed by atoms with Crippen molar-refractivity contribution in [3.63, 3.8) is 0 Å². The van der Waals surface area contributed by atoms with E-state index in [-0.39, 0.29) is 11.5 Å². The first-order chi connectivity index (χ1) is 15.4. The summed E-state index contributed by atoms with van der Waals surface area (Å²) >= 11 is 0. The number of pyridine rings is 1. The van der Waals surface area contributed by atoms with Gasteiger partial charge in [0.1, 0.15) is 5.82 Å². The van der Waals surface area contributed by atoms with Crippen LogP contribution in [-0.4, -0.2) is 35.2 Å². The highest BCUT2D eigenvalue weighted by molar-refractivity contribution is 5.91. The number of carboxylic acid groups (broad SMARTS) is 1. The summed E-state index contributed by atoms with van der Waals surface area (Å²) in [6.07, 6.45) is 1.64. The van der Waals surface area contributed by atoms with Gasteiger partial charge in [-0.3, -0.25) is 4.57 Å². The number of imidazole rings is 2. The third kappa shape index (κ3) is 3.09. The van der Waals surface area contributed by atoms with Crippen LogP contribution in [0.15, 0.2) is 71.7 Å². The van der Waals surface area contributed by atoms with E-state index in [9.17, 15) is 14.7 Å². The lowest BCUT2D eigenvalue weighted by Gasteiger charge is -2.06. The Hall–Kier alpha value is -4.46. The maximum Gasteiger partial charge on any atom is 0.371 e. The molecule has 0 aliphatic rings. The van der Waals surface area contributed by atoms with Gasteiger partial charge in [0.15, 0.2) is 0 Å². The average Bonchev–Trinajstić information content (AvgIpc) is 3.35. The molecule has 0 amide bonds. The number of nitrogens with one attached hydrogen (secondary N) is 1. The summed E-state index contributed by atoms with van der Waals surface area (Å²) < 4.78 is 3.10. The van der Waals surface area contributed by atoms with Crippen molar-refractivity contribution in [3.8, 4) is 28.3 Å². The average molecular weight is 425 g/mol. The zero-order valence-electron chi connectivity index (χ0n) is 17.4. The predicted octanol–water partition coefficient (Wildman–Crippen LogP) is 3.79. The van der Waals surface area contributed by atoms with Gasteiger partial charge in [0.25, 0.3) is 0 Å². The molecule has 2 aromatic carbocycles. The van der Waals surface area contributed by atoms with Crippen LogP contribution in [0, 0.1) is 6.92 Å². The number of fused-ring (bicyclic) bond motifs is 1. The zero-order valence-corrected chi connectivity index (χ0v) is 17.4. The molecule has 0 saturated heterocycles. The zero-order chi connectivity index (χ0) is 22.4. The fourth-order valence-corrected chi connectivity index (χ4v) is 3.88. The van der Waals surface area contributed by atoms with E-state index in [1.807, 2.05) is 55.5 Å². The van der Waals surface area contributed by atoms with Crippen molar-refractivity contribution in [2.75, 3.05) is 0 Å². The van der Waals surface area contributed by atoms with Gasteiger partial charge < -0.3 is 10.1 Å². The van der Waals surface area contributed by atoms with Gasteiger partial charge in [-0.25, -0.2) is 24.1 Å². The molecule has 0 saturated carbocycles. The number of H-pyrrole nitrogens is 1. The van der Waals surface area contributed by atoms with E-state index in [0.717, 1.165) is 16.7 Å². The Bertz CT molecular complexity index is 1540. The maximum absolute atomic E-state index is 12.9. The second-order valence-electron chi connectivity index (χ2n) is 7.55. The second-order valence-corrected chi connectivity index (χ2v) is 7.55. The Morgan fingerprint density at radius 3 is 2.56 bits per heavy atom. The van der Waals surface area contributed by atoms with Crippen LogP contribution < -0.4 is 5.69 Å². The number of benzene rings is 2. The number of aromatic carboxylic acids is 1. The summed E-state index contributed by atoms with van der Waals surface area (Å²) in [5.74, 6) is -0.748. The number of carboxylic acids is 1. The van der Waals surface area contributed by atoms with E-state index in [2.05, 4.69) is 15.0 Å². The summed E-state index contributed by atoms with van der Waals surface area (Å²) in [6, 6.07) is 18.7. The van der Waals surface area contributed by atoms with Crippen LogP contribution in [0.5, 0.6) is 0 Å². The fourth-order valence-electron chi connectivity index (χ4n) is 3.88. The molecule has 8 heteroatoms. The molecular weight excluding hydrogens is 406 g/mol. The normalized spacial score (nSPS) is 11.2. The molecule has 0 radical (unpaired) electrons. The topological polar surface area (TPSA) is 106 Å². The first-order valence-corrected chi connectivity index (χ1v) is 9.97. The van der Waals surface area contributed by atoms with Crippen LogP contribution in [-0.2, 0) is 7.05 Å². The van der Waals surface area contributed by atoms with Crippen LogP contribution >= 0.6 is 0 Å². The highest BCUT2D eigenvalue weighted by atomic mass is 16.4. The van der Waals surface area contributed by atoms with Gasteiger partial charge in [0.05, 0.1) is 22.4 Å². The highest BCUT2D eigenvalue weighted by Crippen LogP contribution is 2.32. The van der Waals surface area contributed by atoms with Crippen molar-refractivity contribution >= 4 is 17.0 Å². The molecule has 0 aliphatic heterocycles. The van der Waals surface area contributed by atoms with Crippen molar-refractivity contribution in [2.45, 2.75) is 6.92 Å². The SMILES string of the molecule is Cc1cccc(-c2nc(C(=O)O)[nH]c2-c2ccc3c(c2)n(C)c(=O)n3-c2ccccn2)c1. The molecule has 5 rings (SSSR count). The molecule has 3 heterocycles. The van der Waals surface area contributed by atoms with Gasteiger partial charge in [0, 0.05) is 24.4 Å². The maximum atomic E-state index is 12.9. The minimum absolute atomic E-state index is 0.142. The summed E-state index contributed by atoms with van der Waals surface area (Å²) in [6.45, 7) is 1.97. The third-order valence-corrected chi connectivity index (χ3v) is 5.42. The molecule has 0 bridgehead atoms. The monoisotopic (exact) mass is 425 g/mol. The van der Waals surface area contributed by atoms with E-state index >= 15 is 0 Å². The summed E-state index contributed by atoms with van der Waals surface area (Å²) in [5, 5.41) is 9.50. The first kappa shape index (κ1) is 19.5. The van der Waals surface area contributed by atoms with E-state index < -0.39 is 5.97 Å². The van der Waals surface area contributed by atoms with Gasteiger partial charge in [0.2, 0.25) is 5.82 Å². The Balaban J connectivity index is 1.74. The van der Waals surface area contributed by atoms with Crippen molar-refractivity contribution in [1.29, 1.82) is 0 Å². The predicted molar refractivity (Wildman–Crippen MR) is 121 cm³/mol. The molecule has 0 aliphatic carbocycles. The largest absolute Gasteiger partial charge is 0.475 e. The lowest BCUT2D eigenvalue weighted by atomic mass is 10.0. The van der Waals surface area contributed by atoms with Gasteiger partial charge >= 0.3 is 11.7 Å². The van der Waals surface area contributed by atoms with Gasteiger partial charge in [-0.15, -0.1) is 0 Å². The van der Waals surface area contributed by atoms with Crippen LogP contribution in [0.4, 0.5) is 0 Å². The summed E-state index contributed by atoms with van der Waals surface area (Å²) in [5.41, 5.74) is 4.87. The Labute approximate surface area is 182 Å². The van der Waals surface area contributed by atoms with E-state index in [1.165, 1.54) is 0 Å². The molecule has 5 aromatic rings. The van der Waals surface area contributed by atoms with E-state index in [0.29, 0.717) is 28.2 Å². The van der Waals surface area contributed by atoms with Crippen LogP contribution in [0.1, 0.15) is 16.2 Å². The lowest BCUT2D eigenvalue weighted by Crippen LogP contribution is -2.21. The van der Waals surface area contributed by atoms with Crippen molar-refractivity contribution in [3.05, 3.63) is 88.7 Å². The number of nitrogens with zero attached hydrogens (tertiary/aromatic N) is 4. The number of hydrogen-bond acceptors (Lipinski definition) is 4. The molecule has 0 fully saturated rings. The number of aromatic amines is 1. The molecule has 8 nitrogen and oxygen atoms in total. The lowest BCUT2D eigenvalue weighted by molar-refractivity contribution is 0.0685. The molecule has 0 unspecified atom stereocenters. The van der Waals surface area contributed by atoms with Gasteiger partial charge in [-0.2, -0.15) is 0 Å². The molecule has 0 spiro atoms. The van der Waals surface area contributed by atoms with Crippen LogP contribution in [0.25, 0.3) is 39.4 Å². The smallest absolute Gasteiger partial charge is 0.371 e. The second kappa shape index (κ2) is 7.35. The number of carbonyl (C=O) groups is 1. The quantitative estimate of drug-likeness (QED) is 0.456. The standard InChI is InChI=1S/C24H19N5O3/c1-14-6-5-7-15(12-14)20-21(27-22(26-20)23(30)31)16-9-10-17-18(13-16)28(2)24(32)29(17)19-8-3-4-11-25-19/h3-13H,1-2H3,(H,26,27)(H,30,31). The molecule has 0 atom stereocenters. The Morgan fingerprint density at radius 2 is 1.84 bits per heavy atom. The minimum atomic E-state index is -1.14. The van der Waals surface area contributed by atoms with Crippen LogP contribution in [0.3, 0.4) is 0 Å². The van der Waals surface area contributed by atoms with Gasteiger partial charge in [-0.1, -0.05) is 35.9 Å². The molecule has 32 heavy (non-hydrogen) atoms. The third-order valence-electron chi connectivity index (χ3n) is 5.42. The van der Waals surface area contributed by atoms with Crippen molar-refractivity contribution < 1.29 is 9.90 Å². The number of rotatable bonds is 4. The van der Waals surface area contributed by atoms with E-state index in [4.69, 9.17) is 0 Å². The number of hydrogen-bond donors (Lipinski definition) is 2. The Kier molecular flexibility index (Phi) is 4.48. The molecule has 158 valence electrons. The van der Waals surface area contributed by atoms with Crippen molar-refractivity contribution in [1.82, 2.24) is 24.1 Å². The summed E-state index contributed by atoms with van der Waals surface area (Å²) in [7, 11) is 1.70. The minimum Gasteiger partial charge on any atom is -0.475 e.